The molecule has 0 aliphatic heterocycles. The predicted octanol–water partition coefficient (Wildman–Crippen LogP) is 2.62. The Hall–Kier alpha value is -2.90. The summed E-state index contributed by atoms with van der Waals surface area (Å²) in [5, 5.41) is 14.0. The highest BCUT2D eigenvalue weighted by molar-refractivity contribution is 5.52. The number of nitrogens with one attached hydrogen (secondary N) is 1. The number of hydrogen-bond acceptors (Lipinski definition) is 7. The van der Waals surface area contributed by atoms with Gasteiger partial charge in [0.25, 0.3) is 0 Å². The number of nitro benzene ring substituents is 1. The van der Waals surface area contributed by atoms with Crippen LogP contribution in [0.3, 0.4) is 0 Å². The van der Waals surface area contributed by atoms with Crippen LogP contribution in [0, 0.1) is 10.1 Å². The Morgan fingerprint density at radius 3 is 2.81 bits per heavy atom. The molecule has 1 aromatic carbocycles. The van der Waals surface area contributed by atoms with Crippen molar-refractivity contribution in [2.75, 3.05) is 19.0 Å². The summed E-state index contributed by atoms with van der Waals surface area (Å²) in [6, 6.07) is 5.81. The van der Waals surface area contributed by atoms with Crippen LogP contribution in [0.25, 0.3) is 0 Å². The standard InChI is InChI=1S/C13H14N4O4/c1-3-14-12-7-13(16-8-15-12)21-11-6-9(20-2)4-5-10(11)17(18)19/h4-8H,3H2,1-2H3,(H,14,15,16). The van der Waals surface area contributed by atoms with Crippen LogP contribution < -0.4 is 14.8 Å². The quantitative estimate of drug-likeness (QED) is 0.644. The Labute approximate surface area is 120 Å². The highest BCUT2D eigenvalue weighted by Crippen LogP contribution is 2.34. The Morgan fingerprint density at radius 1 is 1.33 bits per heavy atom. The fourth-order valence-electron chi connectivity index (χ4n) is 1.64. The van der Waals surface area contributed by atoms with Crippen molar-refractivity contribution in [3.05, 3.63) is 40.7 Å². The number of anilines is 1. The third-order valence-electron chi connectivity index (χ3n) is 2.58. The van der Waals surface area contributed by atoms with Crippen LogP contribution in [0.4, 0.5) is 11.5 Å². The van der Waals surface area contributed by atoms with E-state index in [9.17, 15) is 10.1 Å². The second kappa shape index (κ2) is 6.51. The first kappa shape index (κ1) is 14.5. The first-order chi connectivity index (χ1) is 10.1. The Morgan fingerprint density at radius 2 is 2.14 bits per heavy atom. The van der Waals surface area contributed by atoms with Gasteiger partial charge in [-0.15, -0.1) is 0 Å². The summed E-state index contributed by atoms with van der Waals surface area (Å²) in [6.07, 6.45) is 1.32. The Kier molecular flexibility index (Phi) is 4.50. The fourth-order valence-corrected chi connectivity index (χ4v) is 1.64. The molecule has 0 aliphatic rings. The number of ether oxygens (including phenoxy) is 2. The van der Waals surface area contributed by atoms with Crippen LogP contribution in [0.15, 0.2) is 30.6 Å². The molecular formula is C13H14N4O4. The lowest BCUT2D eigenvalue weighted by atomic mass is 10.3. The summed E-state index contributed by atoms with van der Waals surface area (Å²) in [6.45, 7) is 2.62. The summed E-state index contributed by atoms with van der Waals surface area (Å²) in [5.41, 5.74) is -0.167. The molecule has 0 radical (unpaired) electrons. The maximum atomic E-state index is 11.0. The first-order valence-electron chi connectivity index (χ1n) is 6.20. The van der Waals surface area contributed by atoms with Crippen LogP contribution in [0.5, 0.6) is 17.4 Å². The van der Waals surface area contributed by atoms with Gasteiger partial charge in [-0.3, -0.25) is 10.1 Å². The molecule has 2 rings (SSSR count). The van der Waals surface area contributed by atoms with Gasteiger partial charge in [0.2, 0.25) is 11.6 Å². The van der Waals surface area contributed by atoms with E-state index in [4.69, 9.17) is 9.47 Å². The smallest absolute Gasteiger partial charge is 0.311 e. The van der Waals surface area contributed by atoms with Gasteiger partial charge in [0, 0.05) is 24.7 Å². The van der Waals surface area contributed by atoms with Gasteiger partial charge in [-0.2, -0.15) is 0 Å². The number of nitro groups is 1. The second-order valence-electron chi connectivity index (χ2n) is 3.96. The normalized spacial score (nSPS) is 10.0. The van der Waals surface area contributed by atoms with E-state index in [1.807, 2.05) is 6.92 Å². The van der Waals surface area contributed by atoms with Crippen molar-refractivity contribution in [1.82, 2.24) is 9.97 Å². The summed E-state index contributed by atoms with van der Waals surface area (Å²) < 4.78 is 10.5. The van der Waals surface area contributed by atoms with E-state index >= 15 is 0 Å². The molecule has 8 heteroatoms. The minimum absolute atomic E-state index is 0.0560. The molecule has 1 aromatic heterocycles. The molecular weight excluding hydrogens is 276 g/mol. The summed E-state index contributed by atoms with van der Waals surface area (Å²) in [5.74, 6) is 1.29. The lowest BCUT2D eigenvalue weighted by molar-refractivity contribution is -0.385. The second-order valence-corrected chi connectivity index (χ2v) is 3.96. The number of methoxy groups -OCH3 is 1. The lowest BCUT2D eigenvalue weighted by Crippen LogP contribution is -2.01. The van der Waals surface area contributed by atoms with E-state index in [0.717, 1.165) is 0 Å². The van der Waals surface area contributed by atoms with Crippen LogP contribution in [-0.2, 0) is 0 Å². The highest BCUT2D eigenvalue weighted by atomic mass is 16.6. The van der Waals surface area contributed by atoms with Gasteiger partial charge in [-0.05, 0) is 13.0 Å². The molecule has 0 saturated heterocycles. The van der Waals surface area contributed by atoms with Gasteiger partial charge in [-0.25, -0.2) is 9.97 Å². The number of rotatable bonds is 6. The third kappa shape index (κ3) is 3.56. The maximum absolute atomic E-state index is 11.0. The maximum Gasteiger partial charge on any atom is 0.311 e. The van der Waals surface area contributed by atoms with Crippen LogP contribution in [0.2, 0.25) is 0 Å². The highest BCUT2D eigenvalue weighted by Gasteiger charge is 2.17. The van der Waals surface area contributed by atoms with E-state index in [2.05, 4.69) is 15.3 Å². The van der Waals surface area contributed by atoms with Gasteiger partial charge >= 0.3 is 5.69 Å². The van der Waals surface area contributed by atoms with Crippen LogP contribution in [0.1, 0.15) is 6.92 Å². The number of nitrogens with zero attached hydrogens (tertiary/aromatic N) is 3. The fraction of sp³-hybridized carbons (Fsp3) is 0.231. The molecule has 0 amide bonds. The molecule has 21 heavy (non-hydrogen) atoms. The van der Waals surface area contributed by atoms with Gasteiger partial charge in [0.05, 0.1) is 12.0 Å². The van der Waals surface area contributed by atoms with Gasteiger partial charge < -0.3 is 14.8 Å². The van der Waals surface area contributed by atoms with Gasteiger partial charge in [0.1, 0.15) is 17.9 Å². The molecule has 0 unspecified atom stereocenters. The van der Waals surface area contributed by atoms with Crippen molar-refractivity contribution in [2.45, 2.75) is 6.92 Å². The molecule has 0 spiro atoms. The largest absolute Gasteiger partial charge is 0.497 e. The molecule has 2 aromatic rings. The average Bonchev–Trinajstić information content (AvgIpc) is 2.47. The van der Waals surface area contributed by atoms with E-state index in [1.54, 1.807) is 6.07 Å². The van der Waals surface area contributed by atoms with Crippen LogP contribution in [-0.4, -0.2) is 28.5 Å². The third-order valence-corrected chi connectivity index (χ3v) is 2.58. The van der Waals surface area contributed by atoms with E-state index < -0.39 is 4.92 Å². The number of benzene rings is 1. The van der Waals surface area contributed by atoms with E-state index in [-0.39, 0.29) is 17.3 Å². The Bertz CT molecular complexity index is 648. The van der Waals surface area contributed by atoms with Crippen molar-refractivity contribution in [3.8, 4) is 17.4 Å². The molecule has 0 fully saturated rings. The van der Waals surface area contributed by atoms with Crippen molar-refractivity contribution in [1.29, 1.82) is 0 Å². The Balaban J connectivity index is 2.33. The van der Waals surface area contributed by atoms with Gasteiger partial charge in [-0.1, -0.05) is 0 Å². The average molecular weight is 290 g/mol. The minimum atomic E-state index is -0.527. The molecule has 0 saturated carbocycles. The van der Waals surface area contributed by atoms with E-state index in [0.29, 0.717) is 18.1 Å². The zero-order valence-electron chi connectivity index (χ0n) is 11.6. The van der Waals surface area contributed by atoms with Crippen molar-refractivity contribution in [3.63, 3.8) is 0 Å². The zero-order valence-corrected chi connectivity index (χ0v) is 11.6. The lowest BCUT2D eigenvalue weighted by Gasteiger charge is -2.08. The SMILES string of the molecule is CCNc1cc(Oc2cc(OC)ccc2[N+](=O)[O-])ncn1. The van der Waals surface area contributed by atoms with Crippen molar-refractivity contribution >= 4 is 11.5 Å². The van der Waals surface area contributed by atoms with E-state index in [1.165, 1.54) is 31.6 Å². The summed E-state index contributed by atoms with van der Waals surface area (Å²) >= 11 is 0. The number of hydrogen-bond donors (Lipinski definition) is 1. The molecule has 0 bridgehead atoms. The topological polar surface area (TPSA) is 99.4 Å². The van der Waals surface area contributed by atoms with Crippen LogP contribution >= 0.6 is 0 Å². The number of aromatic nitrogens is 2. The minimum Gasteiger partial charge on any atom is -0.497 e. The molecule has 1 heterocycles. The zero-order chi connectivity index (χ0) is 15.2. The molecule has 8 nitrogen and oxygen atoms in total. The monoisotopic (exact) mass is 290 g/mol. The molecule has 1 N–H and O–H groups in total. The molecule has 0 aliphatic carbocycles. The van der Waals surface area contributed by atoms with Gasteiger partial charge in [0.15, 0.2) is 0 Å². The van der Waals surface area contributed by atoms with Crippen molar-refractivity contribution < 1.29 is 14.4 Å². The van der Waals surface area contributed by atoms with Crippen molar-refractivity contribution in [2.24, 2.45) is 0 Å². The first-order valence-corrected chi connectivity index (χ1v) is 6.20. The summed E-state index contributed by atoms with van der Waals surface area (Å²) in [7, 11) is 1.47. The molecule has 110 valence electrons. The predicted molar refractivity (Wildman–Crippen MR) is 75.9 cm³/mol. The molecule has 0 atom stereocenters. The summed E-state index contributed by atoms with van der Waals surface area (Å²) in [4.78, 5) is 18.4.